The van der Waals surface area contributed by atoms with Gasteiger partial charge in [0.15, 0.2) is 0 Å². The molecule has 3 aromatic rings. The molecule has 4 rings (SSSR count). The lowest BCUT2D eigenvalue weighted by atomic mass is 9.99. The van der Waals surface area contributed by atoms with Crippen molar-refractivity contribution in [3.63, 3.8) is 0 Å². The Kier molecular flexibility index (Phi) is 4.46. The number of nitrogens with zero attached hydrogens (tertiary/aromatic N) is 2. The average molecular weight is 330 g/mol. The predicted octanol–water partition coefficient (Wildman–Crippen LogP) is 5.10. The first-order valence-corrected chi connectivity index (χ1v) is 9.22. The van der Waals surface area contributed by atoms with E-state index in [1.807, 2.05) is 0 Å². The number of hydrogen-bond acceptors (Lipinski definition) is 1. The smallest absolute Gasteiger partial charge is 0.0759 e. The van der Waals surface area contributed by atoms with Gasteiger partial charge in [0.1, 0.15) is 0 Å². The maximum absolute atomic E-state index is 2.64. The van der Waals surface area contributed by atoms with Crippen LogP contribution in [0.1, 0.15) is 40.4 Å². The highest BCUT2D eigenvalue weighted by Gasteiger charge is 2.27. The van der Waals surface area contributed by atoms with Crippen LogP contribution in [0.5, 0.6) is 0 Å². The van der Waals surface area contributed by atoms with Crippen LogP contribution in [-0.2, 0) is 13.1 Å². The van der Waals surface area contributed by atoms with Gasteiger partial charge in [-0.3, -0.25) is 4.90 Å². The lowest BCUT2D eigenvalue weighted by molar-refractivity contribution is 0.220. The van der Waals surface area contributed by atoms with Crippen LogP contribution in [0.4, 0.5) is 0 Å². The van der Waals surface area contributed by atoms with Crippen LogP contribution in [0.3, 0.4) is 0 Å². The number of fused-ring (bicyclic) bond motifs is 1. The topological polar surface area (TPSA) is 8.17 Å². The van der Waals surface area contributed by atoms with E-state index in [1.54, 1.807) is 0 Å². The maximum Gasteiger partial charge on any atom is 0.0759 e. The first-order chi connectivity index (χ1) is 12.2. The summed E-state index contributed by atoms with van der Waals surface area (Å²) in [6.07, 6.45) is 3.42. The Labute approximate surface area is 150 Å². The molecule has 0 fully saturated rings. The van der Waals surface area contributed by atoms with Gasteiger partial charge in [0.25, 0.3) is 0 Å². The second-order valence-electron chi connectivity index (χ2n) is 7.25. The van der Waals surface area contributed by atoms with Gasteiger partial charge in [-0.15, -0.1) is 0 Å². The summed E-state index contributed by atoms with van der Waals surface area (Å²) in [5.74, 6) is 0. The van der Waals surface area contributed by atoms with Gasteiger partial charge in [0, 0.05) is 31.5 Å². The van der Waals surface area contributed by atoms with Crippen LogP contribution in [0, 0.1) is 13.8 Å². The molecule has 1 aromatic heterocycles. The van der Waals surface area contributed by atoms with Gasteiger partial charge in [-0.25, -0.2) is 0 Å². The highest BCUT2D eigenvalue weighted by Crippen LogP contribution is 2.33. The van der Waals surface area contributed by atoms with Crippen molar-refractivity contribution in [1.29, 1.82) is 0 Å². The molecular formula is C23H26N2. The summed E-state index contributed by atoms with van der Waals surface area (Å²) in [6, 6.07) is 22.8. The molecule has 2 heterocycles. The van der Waals surface area contributed by atoms with Gasteiger partial charge < -0.3 is 4.57 Å². The highest BCUT2D eigenvalue weighted by atomic mass is 15.2. The minimum atomic E-state index is 0.318. The first kappa shape index (κ1) is 16.2. The predicted molar refractivity (Wildman–Crippen MR) is 104 cm³/mol. The van der Waals surface area contributed by atoms with Crippen LogP contribution in [0.2, 0.25) is 0 Å². The zero-order valence-electron chi connectivity index (χ0n) is 15.2. The normalized spacial score (nSPS) is 17.9. The molecule has 1 aliphatic rings. The molecular weight excluding hydrogens is 304 g/mol. The van der Waals surface area contributed by atoms with E-state index in [-0.39, 0.29) is 0 Å². The second-order valence-corrected chi connectivity index (χ2v) is 7.25. The van der Waals surface area contributed by atoms with Crippen LogP contribution < -0.4 is 0 Å². The molecule has 0 amide bonds. The van der Waals surface area contributed by atoms with Crippen molar-refractivity contribution < 1.29 is 0 Å². The molecule has 0 saturated carbocycles. The van der Waals surface area contributed by atoms with Gasteiger partial charge in [0.2, 0.25) is 0 Å². The van der Waals surface area contributed by atoms with Crippen molar-refractivity contribution in [2.45, 2.75) is 39.4 Å². The number of benzene rings is 2. The number of aromatic nitrogens is 1. The van der Waals surface area contributed by atoms with Crippen molar-refractivity contribution in [3.8, 4) is 0 Å². The van der Waals surface area contributed by atoms with Crippen molar-refractivity contribution in [3.05, 3.63) is 94.8 Å². The molecule has 0 spiro atoms. The number of aryl methyl sites for hydroxylation is 3. The summed E-state index contributed by atoms with van der Waals surface area (Å²) >= 11 is 0. The minimum absolute atomic E-state index is 0.318. The fourth-order valence-corrected chi connectivity index (χ4v) is 3.96. The zero-order valence-corrected chi connectivity index (χ0v) is 15.2. The van der Waals surface area contributed by atoms with Crippen LogP contribution >= 0.6 is 0 Å². The molecule has 0 radical (unpaired) electrons. The van der Waals surface area contributed by atoms with E-state index >= 15 is 0 Å². The highest BCUT2D eigenvalue weighted by molar-refractivity contribution is 5.33. The van der Waals surface area contributed by atoms with Crippen molar-refractivity contribution >= 4 is 0 Å². The zero-order chi connectivity index (χ0) is 17.2. The average Bonchev–Trinajstić information content (AvgIpc) is 2.98. The molecule has 2 nitrogen and oxygen atoms in total. The molecule has 0 aliphatic carbocycles. The summed E-state index contributed by atoms with van der Waals surface area (Å²) in [7, 11) is 0. The molecule has 1 atom stereocenters. The Morgan fingerprint density at radius 3 is 2.52 bits per heavy atom. The Bertz CT molecular complexity index is 845. The monoisotopic (exact) mass is 330 g/mol. The summed E-state index contributed by atoms with van der Waals surface area (Å²) in [5.41, 5.74) is 6.85. The quantitative estimate of drug-likeness (QED) is 0.648. The van der Waals surface area contributed by atoms with E-state index in [4.69, 9.17) is 0 Å². The third-order valence-corrected chi connectivity index (χ3v) is 5.22. The van der Waals surface area contributed by atoms with Crippen molar-refractivity contribution in [2.24, 2.45) is 0 Å². The molecule has 0 unspecified atom stereocenters. The van der Waals surface area contributed by atoms with E-state index < -0.39 is 0 Å². The van der Waals surface area contributed by atoms with Gasteiger partial charge in [0.05, 0.1) is 6.04 Å². The molecule has 0 saturated heterocycles. The molecule has 25 heavy (non-hydrogen) atoms. The third kappa shape index (κ3) is 3.40. The molecule has 128 valence electrons. The summed E-state index contributed by atoms with van der Waals surface area (Å²) in [5, 5.41) is 0. The van der Waals surface area contributed by atoms with Crippen LogP contribution in [0.15, 0.2) is 66.9 Å². The Hall–Kier alpha value is -2.32. The van der Waals surface area contributed by atoms with Crippen molar-refractivity contribution in [1.82, 2.24) is 9.47 Å². The number of rotatable bonds is 3. The minimum Gasteiger partial charge on any atom is -0.350 e. The Balaban J connectivity index is 1.74. The lowest BCUT2D eigenvalue weighted by Crippen LogP contribution is -2.29. The molecule has 2 aromatic carbocycles. The van der Waals surface area contributed by atoms with E-state index in [2.05, 4.69) is 90.2 Å². The van der Waals surface area contributed by atoms with E-state index in [1.165, 1.54) is 34.4 Å². The molecule has 1 aliphatic heterocycles. The van der Waals surface area contributed by atoms with E-state index in [0.717, 1.165) is 19.6 Å². The summed E-state index contributed by atoms with van der Waals surface area (Å²) < 4.78 is 2.43. The fourth-order valence-electron chi connectivity index (χ4n) is 3.96. The largest absolute Gasteiger partial charge is 0.350 e. The first-order valence-electron chi connectivity index (χ1n) is 9.22. The van der Waals surface area contributed by atoms with E-state index in [0.29, 0.717) is 6.04 Å². The molecule has 0 N–H and O–H groups in total. The summed E-state index contributed by atoms with van der Waals surface area (Å²) in [6.45, 7) is 7.55. The molecule has 0 bridgehead atoms. The van der Waals surface area contributed by atoms with Gasteiger partial charge in [-0.05, 0) is 43.5 Å². The van der Waals surface area contributed by atoms with Crippen LogP contribution in [0.25, 0.3) is 0 Å². The maximum atomic E-state index is 2.64. The van der Waals surface area contributed by atoms with Gasteiger partial charge in [-0.2, -0.15) is 0 Å². The Morgan fingerprint density at radius 1 is 0.880 bits per heavy atom. The summed E-state index contributed by atoms with van der Waals surface area (Å²) in [4.78, 5) is 2.64. The standard InChI is InChI=1S/C23H26N2/c1-18-9-11-20(12-10-18)17-25-15-5-14-24-13-4-8-22(24)23(25)21-7-3-6-19(2)16-21/h3-4,6-13,16,23H,5,14-15,17H2,1-2H3/t23-/m1/s1. The van der Waals surface area contributed by atoms with Gasteiger partial charge in [-0.1, -0.05) is 59.7 Å². The molecule has 2 heteroatoms. The third-order valence-electron chi connectivity index (χ3n) is 5.22. The fraction of sp³-hybridized carbons (Fsp3) is 0.304. The van der Waals surface area contributed by atoms with Crippen LogP contribution in [-0.4, -0.2) is 16.0 Å². The Morgan fingerprint density at radius 2 is 1.72 bits per heavy atom. The number of hydrogen-bond donors (Lipinski definition) is 0. The SMILES string of the molecule is Cc1ccc(CN2CCCn3cccc3[C@H]2c2cccc(C)c2)cc1. The van der Waals surface area contributed by atoms with Crippen molar-refractivity contribution in [2.75, 3.05) is 6.54 Å². The second kappa shape index (κ2) is 6.89. The lowest BCUT2D eigenvalue weighted by Gasteiger charge is -2.31. The van der Waals surface area contributed by atoms with Gasteiger partial charge >= 0.3 is 0 Å². The van der Waals surface area contributed by atoms with E-state index in [9.17, 15) is 0 Å².